The van der Waals surface area contributed by atoms with Crippen LogP contribution < -0.4 is 4.74 Å². The summed E-state index contributed by atoms with van der Waals surface area (Å²) >= 11 is 0. The Bertz CT molecular complexity index is 751. The van der Waals surface area contributed by atoms with E-state index in [4.69, 9.17) is 9.84 Å². The van der Waals surface area contributed by atoms with E-state index in [1.165, 1.54) is 11.1 Å². The topological polar surface area (TPSA) is 58.1 Å². The largest absolute Gasteiger partial charge is 0.489 e. The zero-order valence-electron chi connectivity index (χ0n) is 14.3. The summed E-state index contributed by atoms with van der Waals surface area (Å²) in [6.45, 7) is 0.724. The normalized spacial score (nSPS) is 10.8. The number of aliphatic hydroxyl groups is 1. The van der Waals surface area contributed by atoms with Crippen LogP contribution in [0, 0.1) is 0 Å². The van der Waals surface area contributed by atoms with Gasteiger partial charge in [-0.2, -0.15) is 0 Å². The van der Waals surface area contributed by atoms with Crippen LogP contribution in [0.3, 0.4) is 0 Å². The summed E-state index contributed by atoms with van der Waals surface area (Å²) in [5, 5.41) is 8.91. The van der Waals surface area contributed by atoms with Gasteiger partial charge in [-0.15, -0.1) is 0 Å². The summed E-state index contributed by atoms with van der Waals surface area (Å²) < 4.78 is 5.81. The second-order valence-electron chi connectivity index (χ2n) is 6.10. The Morgan fingerprint density at radius 1 is 0.880 bits per heavy atom. The lowest BCUT2D eigenvalue weighted by Crippen LogP contribution is -1.96. The minimum Gasteiger partial charge on any atom is -0.489 e. The van der Waals surface area contributed by atoms with Crippen molar-refractivity contribution in [3.05, 3.63) is 83.4 Å². The van der Waals surface area contributed by atoms with Crippen molar-refractivity contribution < 1.29 is 9.84 Å². The first kappa shape index (κ1) is 17.2. The van der Waals surface area contributed by atoms with E-state index in [1.54, 1.807) is 0 Å². The van der Waals surface area contributed by atoms with Gasteiger partial charge in [0.05, 0.1) is 6.61 Å². The molecule has 3 rings (SSSR count). The highest BCUT2D eigenvalue weighted by molar-refractivity contribution is 5.28. The van der Waals surface area contributed by atoms with Crippen molar-refractivity contribution in [1.29, 1.82) is 0 Å². The summed E-state index contributed by atoms with van der Waals surface area (Å²) in [4.78, 5) is 7.51. The fourth-order valence-corrected chi connectivity index (χ4v) is 2.74. The van der Waals surface area contributed by atoms with Gasteiger partial charge in [-0.05, 0) is 42.5 Å². The van der Waals surface area contributed by atoms with Gasteiger partial charge >= 0.3 is 0 Å². The molecular formula is C21H24N2O2. The molecule has 0 amide bonds. The molecule has 0 radical (unpaired) electrons. The summed E-state index contributed by atoms with van der Waals surface area (Å²) in [6, 6.07) is 18.5. The highest BCUT2D eigenvalue weighted by Gasteiger charge is 2.02. The number of hydrogen-bond donors (Lipinski definition) is 2. The van der Waals surface area contributed by atoms with Crippen molar-refractivity contribution in [2.24, 2.45) is 0 Å². The van der Waals surface area contributed by atoms with Gasteiger partial charge in [-0.1, -0.05) is 42.5 Å². The van der Waals surface area contributed by atoms with E-state index < -0.39 is 0 Å². The number of nitrogens with zero attached hydrogens (tertiary/aromatic N) is 1. The van der Waals surface area contributed by atoms with Crippen molar-refractivity contribution in [2.45, 2.75) is 32.3 Å². The van der Waals surface area contributed by atoms with Crippen LogP contribution in [-0.4, -0.2) is 21.7 Å². The summed E-state index contributed by atoms with van der Waals surface area (Å²) in [7, 11) is 0. The molecule has 3 aromatic rings. The van der Waals surface area contributed by atoms with Gasteiger partial charge in [-0.3, -0.25) is 0 Å². The van der Waals surface area contributed by atoms with Gasteiger partial charge < -0.3 is 14.8 Å². The van der Waals surface area contributed by atoms with Gasteiger partial charge in [-0.25, -0.2) is 4.98 Å². The van der Waals surface area contributed by atoms with E-state index in [0.29, 0.717) is 13.0 Å². The number of ether oxygens (including phenoxy) is 1. The van der Waals surface area contributed by atoms with Crippen LogP contribution in [0.4, 0.5) is 0 Å². The molecule has 0 aliphatic heterocycles. The molecule has 2 N–H and O–H groups in total. The van der Waals surface area contributed by atoms with E-state index in [1.807, 2.05) is 36.5 Å². The smallest absolute Gasteiger partial charge is 0.119 e. The first-order chi connectivity index (χ1) is 12.3. The van der Waals surface area contributed by atoms with Gasteiger partial charge in [0.15, 0.2) is 0 Å². The third kappa shape index (κ3) is 5.47. The number of benzene rings is 2. The lowest BCUT2D eigenvalue weighted by molar-refractivity contribution is 0.297. The van der Waals surface area contributed by atoms with Crippen molar-refractivity contribution >= 4 is 0 Å². The Morgan fingerprint density at radius 3 is 2.44 bits per heavy atom. The molecule has 130 valence electrons. The third-order valence-electron chi connectivity index (χ3n) is 4.11. The number of aromatic nitrogens is 2. The van der Waals surface area contributed by atoms with Gasteiger partial charge in [0.25, 0.3) is 0 Å². The van der Waals surface area contributed by atoms with E-state index in [-0.39, 0.29) is 6.61 Å². The lowest BCUT2D eigenvalue weighted by atomic mass is 10.1. The monoisotopic (exact) mass is 336 g/mol. The van der Waals surface area contributed by atoms with Crippen LogP contribution in [0.1, 0.15) is 29.1 Å². The average Bonchev–Trinajstić information content (AvgIpc) is 3.10. The maximum Gasteiger partial charge on any atom is 0.119 e. The minimum atomic E-state index is 0.131. The Hall–Kier alpha value is -2.59. The van der Waals surface area contributed by atoms with Crippen LogP contribution in [0.5, 0.6) is 5.75 Å². The molecule has 1 aromatic heterocycles. The number of H-pyrrole nitrogens is 1. The first-order valence-corrected chi connectivity index (χ1v) is 8.73. The molecular weight excluding hydrogens is 312 g/mol. The molecule has 0 unspecified atom stereocenters. The zero-order valence-corrected chi connectivity index (χ0v) is 14.3. The number of aromatic amines is 1. The zero-order chi connectivity index (χ0) is 17.3. The Morgan fingerprint density at radius 2 is 1.68 bits per heavy atom. The van der Waals surface area contributed by atoms with Crippen molar-refractivity contribution in [1.82, 2.24) is 9.97 Å². The standard InChI is InChI=1S/C21H24N2O2/c24-14-13-21-22-15-19(23-21)8-4-7-17-9-11-20(12-10-17)25-16-18-5-2-1-3-6-18/h1-3,5-6,9-12,15,24H,4,7-8,13-14,16H2,(H,22,23). The second-order valence-corrected chi connectivity index (χ2v) is 6.10. The number of rotatable bonds is 9. The predicted octanol–water partition coefficient (Wildman–Crippen LogP) is 3.70. The van der Waals surface area contributed by atoms with Crippen LogP contribution in [0.2, 0.25) is 0 Å². The number of nitrogens with one attached hydrogen (secondary N) is 1. The SMILES string of the molecule is OCCc1ncc(CCCc2ccc(OCc3ccccc3)cc2)[nH]1. The fraction of sp³-hybridized carbons (Fsp3) is 0.286. The van der Waals surface area contributed by atoms with E-state index in [2.05, 4.69) is 34.2 Å². The maximum absolute atomic E-state index is 8.91. The molecule has 0 spiro atoms. The molecule has 0 atom stereocenters. The predicted molar refractivity (Wildman–Crippen MR) is 98.6 cm³/mol. The van der Waals surface area contributed by atoms with E-state index in [9.17, 15) is 0 Å². The van der Waals surface area contributed by atoms with Gasteiger partial charge in [0.2, 0.25) is 0 Å². The van der Waals surface area contributed by atoms with Crippen molar-refractivity contribution in [3.63, 3.8) is 0 Å². The highest BCUT2D eigenvalue weighted by Crippen LogP contribution is 2.16. The van der Waals surface area contributed by atoms with Crippen molar-refractivity contribution in [3.8, 4) is 5.75 Å². The molecule has 4 nitrogen and oxygen atoms in total. The number of imidazole rings is 1. The molecule has 25 heavy (non-hydrogen) atoms. The molecule has 2 aromatic carbocycles. The van der Waals surface area contributed by atoms with Gasteiger partial charge in [0.1, 0.15) is 18.2 Å². The maximum atomic E-state index is 8.91. The molecule has 0 saturated carbocycles. The van der Waals surface area contributed by atoms with Gasteiger partial charge in [0, 0.05) is 18.3 Å². The van der Waals surface area contributed by atoms with E-state index >= 15 is 0 Å². The summed E-state index contributed by atoms with van der Waals surface area (Å²) in [5.74, 6) is 1.76. The number of aryl methyl sites for hydroxylation is 2. The van der Waals surface area contributed by atoms with Crippen LogP contribution in [-0.2, 0) is 25.9 Å². The number of aliphatic hydroxyl groups excluding tert-OH is 1. The summed E-state index contributed by atoms with van der Waals surface area (Å²) in [5.41, 5.74) is 3.61. The van der Waals surface area contributed by atoms with Crippen LogP contribution in [0.25, 0.3) is 0 Å². The molecule has 0 bridgehead atoms. The third-order valence-corrected chi connectivity index (χ3v) is 4.11. The molecule has 0 saturated heterocycles. The Kier molecular flexibility index (Phi) is 6.23. The Balaban J connectivity index is 1.42. The fourth-order valence-electron chi connectivity index (χ4n) is 2.74. The summed E-state index contributed by atoms with van der Waals surface area (Å²) in [6.07, 6.45) is 5.50. The Labute approximate surface area is 148 Å². The highest BCUT2D eigenvalue weighted by atomic mass is 16.5. The quantitative estimate of drug-likeness (QED) is 0.626. The first-order valence-electron chi connectivity index (χ1n) is 8.73. The lowest BCUT2D eigenvalue weighted by Gasteiger charge is -2.07. The number of hydrogen-bond acceptors (Lipinski definition) is 3. The molecule has 0 fully saturated rings. The van der Waals surface area contributed by atoms with Crippen LogP contribution >= 0.6 is 0 Å². The molecule has 0 aliphatic carbocycles. The molecule has 1 heterocycles. The van der Waals surface area contributed by atoms with Crippen molar-refractivity contribution in [2.75, 3.05) is 6.61 Å². The average molecular weight is 336 g/mol. The molecule has 4 heteroatoms. The van der Waals surface area contributed by atoms with Crippen LogP contribution in [0.15, 0.2) is 60.8 Å². The second kappa shape index (κ2) is 9.04. The molecule has 0 aliphatic rings. The van der Waals surface area contributed by atoms with E-state index in [0.717, 1.165) is 36.5 Å². The minimum absolute atomic E-state index is 0.131.